The molecule has 12 heteroatoms. The number of nitrogens with one attached hydrogen (secondary N) is 2. The van der Waals surface area contributed by atoms with Gasteiger partial charge in [-0.25, -0.2) is 13.2 Å². The summed E-state index contributed by atoms with van der Waals surface area (Å²) in [7, 11) is -2.56. The van der Waals surface area contributed by atoms with Crippen molar-refractivity contribution in [1.29, 1.82) is 0 Å². The average molecular weight is 522 g/mol. The van der Waals surface area contributed by atoms with E-state index < -0.39 is 33.9 Å². The Kier molecular flexibility index (Phi) is 8.36. The number of anilines is 2. The Bertz CT molecular complexity index is 1310. The van der Waals surface area contributed by atoms with Crippen LogP contribution in [0.3, 0.4) is 0 Å². The third-order valence-corrected chi connectivity index (χ3v) is 6.57. The molecule has 1 heterocycles. The molecular weight excluding hydrogens is 498 g/mol. The topological polar surface area (TPSA) is 137 Å². The van der Waals surface area contributed by atoms with Crippen molar-refractivity contribution in [3.8, 4) is 11.3 Å². The molecule has 35 heavy (non-hydrogen) atoms. The predicted octanol–water partition coefficient (Wildman–Crippen LogP) is 4.92. The number of amides is 1. The van der Waals surface area contributed by atoms with Crippen LogP contribution in [0, 0.1) is 6.92 Å². The molecule has 186 valence electrons. The summed E-state index contributed by atoms with van der Waals surface area (Å²) in [5.74, 6) is -0.762. The molecule has 3 aromatic rings. The number of hydrogen-bond acceptors (Lipinski definition) is 8. The summed E-state index contributed by atoms with van der Waals surface area (Å²) in [6, 6.07) is 13.3. The molecule has 1 atom stereocenters. The summed E-state index contributed by atoms with van der Waals surface area (Å²) >= 11 is 6.17. The first-order valence-corrected chi connectivity index (χ1v) is 12.5. The Hall–Kier alpha value is -3.57. The van der Waals surface area contributed by atoms with Crippen LogP contribution in [0.15, 0.2) is 53.1 Å². The van der Waals surface area contributed by atoms with Gasteiger partial charge in [-0.1, -0.05) is 35.0 Å². The van der Waals surface area contributed by atoms with Crippen LogP contribution in [-0.4, -0.2) is 38.5 Å². The van der Waals surface area contributed by atoms with Gasteiger partial charge in [-0.2, -0.15) is 0 Å². The number of aryl methyl sites for hydroxylation is 1. The number of methoxy groups -OCH3 is 1. The van der Waals surface area contributed by atoms with E-state index in [4.69, 9.17) is 20.9 Å². The average Bonchev–Trinajstić information content (AvgIpc) is 3.17. The summed E-state index contributed by atoms with van der Waals surface area (Å²) in [6.45, 7) is 3.36. The molecule has 0 aliphatic carbocycles. The number of benzene rings is 2. The van der Waals surface area contributed by atoms with Gasteiger partial charge in [0, 0.05) is 21.8 Å². The lowest BCUT2D eigenvalue weighted by Gasteiger charge is -2.15. The highest BCUT2D eigenvalue weighted by atomic mass is 35.5. The minimum Gasteiger partial charge on any atom is -0.469 e. The maximum atomic E-state index is 12.5. The third kappa shape index (κ3) is 6.96. The molecular formula is C23H24ClN3O7S. The first kappa shape index (κ1) is 26.0. The fourth-order valence-electron chi connectivity index (χ4n) is 3.11. The van der Waals surface area contributed by atoms with Crippen molar-refractivity contribution >= 4 is 45.1 Å². The monoisotopic (exact) mass is 521 g/mol. The van der Waals surface area contributed by atoms with Crippen LogP contribution < -0.4 is 10.0 Å². The second kappa shape index (κ2) is 11.2. The molecule has 0 saturated heterocycles. The van der Waals surface area contributed by atoms with Gasteiger partial charge in [0.15, 0.2) is 5.76 Å². The minimum atomic E-state index is -3.74. The number of aromatic nitrogens is 1. The second-order valence-electron chi connectivity index (χ2n) is 7.49. The van der Waals surface area contributed by atoms with E-state index in [0.717, 1.165) is 0 Å². The minimum absolute atomic E-state index is 0.262. The van der Waals surface area contributed by atoms with Gasteiger partial charge < -0.3 is 14.0 Å². The highest BCUT2D eigenvalue weighted by Crippen LogP contribution is 2.32. The van der Waals surface area contributed by atoms with E-state index in [1.54, 1.807) is 50.2 Å². The van der Waals surface area contributed by atoms with Gasteiger partial charge in [0.25, 0.3) is 0 Å². The SMILES string of the molecule is COC(=O)CCS(=O)(=O)Nc1ccc(-c2onc(C)c2NC(=O)OC(C)c2ccccc2Cl)cc1. The number of nitrogens with zero attached hydrogens (tertiary/aromatic N) is 1. The van der Waals surface area contributed by atoms with E-state index in [9.17, 15) is 18.0 Å². The van der Waals surface area contributed by atoms with Crippen molar-refractivity contribution in [3.05, 3.63) is 64.8 Å². The number of sulfonamides is 1. The Labute approximate surface area is 207 Å². The molecule has 0 saturated carbocycles. The Balaban J connectivity index is 1.69. The van der Waals surface area contributed by atoms with Crippen LogP contribution in [0.1, 0.15) is 30.7 Å². The quantitative estimate of drug-likeness (QED) is 0.378. The molecule has 0 spiro atoms. The zero-order valence-electron chi connectivity index (χ0n) is 19.2. The molecule has 0 aliphatic rings. The van der Waals surface area contributed by atoms with Crippen LogP contribution in [0.2, 0.25) is 5.02 Å². The fraction of sp³-hybridized carbons (Fsp3) is 0.261. The number of halogens is 1. The number of carbonyl (C=O) groups is 2. The van der Waals surface area contributed by atoms with Gasteiger partial charge in [0.1, 0.15) is 17.5 Å². The van der Waals surface area contributed by atoms with Crippen molar-refractivity contribution in [2.75, 3.05) is 22.9 Å². The summed E-state index contributed by atoms with van der Waals surface area (Å²) in [5, 5.41) is 7.04. The third-order valence-electron chi connectivity index (χ3n) is 4.94. The molecule has 0 bridgehead atoms. The second-order valence-corrected chi connectivity index (χ2v) is 9.74. The van der Waals surface area contributed by atoms with Crippen LogP contribution in [0.4, 0.5) is 16.2 Å². The lowest BCUT2D eigenvalue weighted by molar-refractivity contribution is -0.140. The van der Waals surface area contributed by atoms with E-state index in [0.29, 0.717) is 27.5 Å². The highest BCUT2D eigenvalue weighted by molar-refractivity contribution is 7.92. The fourth-order valence-corrected chi connectivity index (χ4v) is 4.44. The molecule has 2 aromatic carbocycles. The summed E-state index contributed by atoms with van der Waals surface area (Å²) in [5.41, 5.74) is 2.23. The summed E-state index contributed by atoms with van der Waals surface area (Å²) in [4.78, 5) is 23.7. The van der Waals surface area contributed by atoms with Crippen molar-refractivity contribution in [2.24, 2.45) is 0 Å². The zero-order valence-corrected chi connectivity index (χ0v) is 20.8. The largest absolute Gasteiger partial charge is 0.469 e. The number of ether oxygens (including phenoxy) is 2. The van der Waals surface area contributed by atoms with Crippen molar-refractivity contribution in [3.63, 3.8) is 0 Å². The van der Waals surface area contributed by atoms with Gasteiger partial charge in [-0.05, 0) is 44.2 Å². The van der Waals surface area contributed by atoms with E-state index in [-0.39, 0.29) is 17.9 Å². The maximum absolute atomic E-state index is 12.5. The number of hydrogen-bond donors (Lipinski definition) is 2. The number of esters is 1. The van der Waals surface area contributed by atoms with Gasteiger partial charge in [-0.15, -0.1) is 0 Å². The molecule has 0 fully saturated rings. The molecule has 1 amide bonds. The maximum Gasteiger partial charge on any atom is 0.412 e. The standard InChI is InChI=1S/C23H24ClN3O7S/c1-14-21(25-23(29)33-15(2)18-6-4-5-7-19(18)24)22(34-26-14)16-8-10-17(11-9-16)27-35(30,31)13-12-20(28)32-3/h4-11,15,27H,12-13H2,1-3H3,(H,25,29). The lowest BCUT2D eigenvalue weighted by Crippen LogP contribution is -2.19. The van der Waals surface area contributed by atoms with Crippen LogP contribution in [0.5, 0.6) is 0 Å². The van der Waals surface area contributed by atoms with E-state index in [1.165, 1.54) is 19.2 Å². The highest BCUT2D eigenvalue weighted by Gasteiger charge is 2.21. The van der Waals surface area contributed by atoms with Gasteiger partial charge in [0.05, 0.1) is 19.3 Å². The van der Waals surface area contributed by atoms with E-state index in [2.05, 4.69) is 19.9 Å². The normalized spacial score (nSPS) is 12.0. The van der Waals surface area contributed by atoms with Crippen molar-refractivity contribution in [2.45, 2.75) is 26.4 Å². The van der Waals surface area contributed by atoms with Crippen molar-refractivity contribution in [1.82, 2.24) is 5.16 Å². The van der Waals surface area contributed by atoms with Gasteiger partial charge >= 0.3 is 12.1 Å². The molecule has 10 nitrogen and oxygen atoms in total. The molecule has 1 aromatic heterocycles. The smallest absolute Gasteiger partial charge is 0.412 e. The van der Waals surface area contributed by atoms with Gasteiger partial charge in [-0.3, -0.25) is 14.8 Å². The van der Waals surface area contributed by atoms with Crippen LogP contribution in [0.25, 0.3) is 11.3 Å². The molecule has 0 radical (unpaired) electrons. The van der Waals surface area contributed by atoms with Gasteiger partial charge in [0.2, 0.25) is 10.0 Å². The van der Waals surface area contributed by atoms with Crippen LogP contribution in [-0.2, 0) is 24.3 Å². The Morgan fingerprint density at radius 2 is 1.83 bits per heavy atom. The molecule has 2 N–H and O–H groups in total. The molecule has 1 unspecified atom stereocenters. The van der Waals surface area contributed by atoms with Crippen LogP contribution >= 0.6 is 11.6 Å². The first-order chi connectivity index (χ1) is 16.6. The van der Waals surface area contributed by atoms with E-state index in [1.807, 2.05) is 0 Å². The molecule has 3 rings (SSSR count). The first-order valence-electron chi connectivity index (χ1n) is 10.5. The number of rotatable bonds is 9. The van der Waals surface area contributed by atoms with Crippen molar-refractivity contribution < 1.29 is 32.0 Å². The Morgan fingerprint density at radius 1 is 1.14 bits per heavy atom. The summed E-state index contributed by atoms with van der Waals surface area (Å²) < 4.78 is 42.0. The van der Waals surface area contributed by atoms with E-state index >= 15 is 0 Å². The Morgan fingerprint density at radius 3 is 2.49 bits per heavy atom. The molecule has 0 aliphatic heterocycles. The predicted molar refractivity (Wildman–Crippen MR) is 131 cm³/mol. The summed E-state index contributed by atoms with van der Waals surface area (Å²) in [6.07, 6.45) is -1.58. The zero-order chi connectivity index (χ0) is 25.6. The lowest BCUT2D eigenvalue weighted by atomic mass is 10.1. The number of carbonyl (C=O) groups excluding carboxylic acids is 2.